The third kappa shape index (κ3) is 3.15. The maximum absolute atomic E-state index is 13.2. The summed E-state index contributed by atoms with van der Waals surface area (Å²) in [4.78, 5) is 23.0. The minimum Gasteiger partial charge on any atom is -0.349 e. The lowest BCUT2D eigenvalue weighted by atomic mass is 9.94. The number of carbonyl (C=O) groups is 2. The van der Waals surface area contributed by atoms with Crippen LogP contribution in [0.5, 0.6) is 0 Å². The summed E-state index contributed by atoms with van der Waals surface area (Å²) in [6.45, 7) is 1.75. The molecule has 2 rings (SSSR count). The van der Waals surface area contributed by atoms with Gasteiger partial charge in [0.15, 0.2) is 0 Å². The number of rotatable bonds is 2. The molecular formula is C14H16FNO2. The summed E-state index contributed by atoms with van der Waals surface area (Å²) in [5, 5.41) is 2.85. The number of nitrogens with one attached hydrogen (secondary N) is 1. The Morgan fingerprint density at radius 2 is 1.94 bits per heavy atom. The first-order valence-electron chi connectivity index (χ1n) is 6.14. The van der Waals surface area contributed by atoms with Crippen LogP contribution >= 0.6 is 0 Å². The molecule has 3 nitrogen and oxygen atoms in total. The van der Waals surface area contributed by atoms with Crippen molar-refractivity contribution in [1.29, 1.82) is 0 Å². The lowest BCUT2D eigenvalue weighted by Crippen LogP contribution is -2.37. The number of hydrogen-bond donors (Lipinski definition) is 1. The van der Waals surface area contributed by atoms with Crippen molar-refractivity contribution < 1.29 is 14.0 Å². The Kier molecular flexibility index (Phi) is 3.75. The summed E-state index contributed by atoms with van der Waals surface area (Å²) < 4.78 is 13.2. The van der Waals surface area contributed by atoms with Crippen molar-refractivity contribution in [2.45, 2.75) is 38.6 Å². The number of halogens is 1. The van der Waals surface area contributed by atoms with E-state index >= 15 is 0 Å². The molecule has 0 aromatic heterocycles. The fourth-order valence-corrected chi connectivity index (χ4v) is 2.22. The minimum atomic E-state index is -0.404. The van der Waals surface area contributed by atoms with Crippen LogP contribution in [0.15, 0.2) is 18.2 Å². The Hall–Kier alpha value is -1.71. The largest absolute Gasteiger partial charge is 0.349 e. The van der Waals surface area contributed by atoms with E-state index < -0.39 is 5.82 Å². The lowest BCUT2D eigenvalue weighted by Gasteiger charge is -2.22. The molecule has 0 atom stereocenters. The molecule has 1 amide bonds. The molecule has 4 heteroatoms. The zero-order valence-electron chi connectivity index (χ0n) is 10.3. The molecule has 0 aliphatic heterocycles. The van der Waals surface area contributed by atoms with E-state index in [0.717, 1.165) is 5.56 Å². The second kappa shape index (κ2) is 5.29. The molecule has 1 saturated carbocycles. The van der Waals surface area contributed by atoms with Crippen LogP contribution in [0.4, 0.5) is 4.39 Å². The quantitative estimate of drug-likeness (QED) is 0.874. The van der Waals surface area contributed by atoms with Crippen LogP contribution in [0, 0.1) is 12.7 Å². The maximum Gasteiger partial charge on any atom is 0.251 e. The van der Waals surface area contributed by atoms with E-state index in [-0.39, 0.29) is 17.7 Å². The first-order chi connectivity index (χ1) is 8.54. The number of aryl methyl sites for hydroxylation is 1. The predicted octanol–water partition coefficient (Wildman–Crippen LogP) is 2.38. The second-order valence-corrected chi connectivity index (χ2v) is 4.80. The number of carbonyl (C=O) groups excluding carboxylic acids is 2. The number of benzene rings is 1. The average molecular weight is 249 g/mol. The highest BCUT2D eigenvalue weighted by atomic mass is 19.1. The zero-order valence-corrected chi connectivity index (χ0v) is 10.3. The van der Waals surface area contributed by atoms with Gasteiger partial charge in [0.1, 0.15) is 11.6 Å². The van der Waals surface area contributed by atoms with Crippen molar-refractivity contribution in [2.24, 2.45) is 0 Å². The number of ketones is 1. The van der Waals surface area contributed by atoms with Gasteiger partial charge in [-0.1, -0.05) is 0 Å². The minimum absolute atomic E-state index is 0.0266. The smallest absolute Gasteiger partial charge is 0.251 e. The van der Waals surface area contributed by atoms with Gasteiger partial charge >= 0.3 is 0 Å². The fraction of sp³-hybridized carbons (Fsp3) is 0.429. The van der Waals surface area contributed by atoms with Gasteiger partial charge in [0.25, 0.3) is 5.91 Å². The fourth-order valence-electron chi connectivity index (χ4n) is 2.22. The average Bonchev–Trinajstić information content (AvgIpc) is 2.31. The molecule has 0 heterocycles. The third-order valence-electron chi connectivity index (χ3n) is 3.18. The van der Waals surface area contributed by atoms with Gasteiger partial charge in [0, 0.05) is 24.4 Å². The Labute approximate surface area is 105 Å². The van der Waals surface area contributed by atoms with Crippen LogP contribution in [0.3, 0.4) is 0 Å². The van der Waals surface area contributed by atoms with Crippen LogP contribution in [0.1, 0.15) is 41.6 Å². The van der Waals surface area contributed by atoms with Crippen LogP contribution in [-0.4, -0.2) is 17.7 Å². The molecule has 1 aliphatic rings. The van der Waals surface area contributed by atoms with E-state index in [1.165, 1.54) is 12.1 Å². The highest BCUT2D eigenvalue weighted by Crippen LogP contribution is 2.16. The van der Waals surface area contributed by atoms with Gasteiger partial charge in [-0.25, -0.2) is 4.39 Å². The van der Waals surface area contributed by atoms with Crippen LogP contribution in [0.2, 0.25) is 0 Å². The molecular weight excluding hydrogens is 233 g/mol. The summed E-state index contributed by atoms with van der Waals surface area (Å²) in [6, 6.07) is 4.30. The van der Waals surface area contributed by atoms with Crippen molar-refractivity contribution in [3.05, 3.63) is 35.1 Å². The molecule has 1 aliphatic carbocycles. The van der Waals surface area contributed by atoms with Crippen molar-refractivity contribution in [2.75, 3.05) is 0 Å². The third-order valence-corrected chi connectivity index (χ3v) is 3.18. The van der Waals surface area contributed by atoms with E-state index in [2.05, 4.69) is 5.32 Å². The van der Waals surface area contributed by atoms with Crippen molar-refractivity contribution in [1.82, 2.24) is 5.32 Å². The van der Waals surface area contributed by atoms with Gasteiger partial charge in [-0.15, -0.1) is 0 Å². The van der Waals surface area contributed by atoms with E-state index in [1.807, 2.05) is 0 Å². The molecule has 0 radical (unpaired) electrons. The first kappa shape index (κ1) is 12.7. The van der Waals surface area contributed by atoms with Crippen LogP contribution in [0.25, 0.3) is 0 Å². The number of hydrogen-bond acceptors (Lipinski definition) is 2. The second-order valence-electron chi connectivity index (χ2n) is 4.80. The molecule has 18 heavy (non-hydrogen) atoms. The molecule has 0 saturated heterocycles. The summed E-state index contributed by atoms with van der Waals surface area (Å²) in [5.41, 5.74) is 1.06. The van der Waals surface area contributed by atoms with Crippen LogP contribution in [-0.2, 0) is 4.79 Å². The molecule has 1 aromatic rings. The normalized spacial score (nSPS) is 16.7. The standard InChI is InChI=1S/C14H16FNO2/c1-9-6-10(8-11(15)7-9)14(18)16-12-2-4-13(17)5-3-12/h6-8,12H,2-5H2,1H3,(H,16,18). The van der Waals surface area contributed by atoms with Gasteiger partial charge in [0.05, 0.1) is 0 Å². The van der Waals surface area contributed by atoms with Crippen molar-refractivity contribution in [3.63, 3.8) is 0 Å². The van der Waals surface area contributed by atoms with E-state index in [9.17, 15) is 14.0 Å². The highest BCUT2D eigenvalue weighted by Gasteiger charge is 2.20. The highest BCUT2D eigenvalue weighted by molar-refractivity contribution is 5.94. The molecule has 1 fully saturated rings. The van der Waals surface area contributed by atoms with E-state index in [4.69, 9.17) is 0 Å². The Bertz CT molecular complexity index is 454. The van der Waals surface area contributed by atoms with Gasteiger partial charge in [-0.05, 0) is 43.5 Å². The summed E-state index contributed by atoms with van der Waals surface area (Å²) in [5.74, 6) is -0.419. The first-order valence-corrected chi connectivity index (χ1v) is 6.14. The van der Waals surface area contributed by atoms with Crippen molar-refractivity contribution >= 4 is 11.7 Å². The SMILES string of the molecule is Cc1cc(F)cc(C(=O)NC2CCC(=O)CC2)c1. The lowest BCUT2D eigenvalue weighted by molar-refractivity contribution is -0.120. The maximum atomic E-state index is 13.2. The molecule has 1 aromatic carbocycles. The van der Waals surface area contributed by atoms with Crippen LogP contribution < -0.4 is 5.32 Å². The molecule has 96 valence electrons. The van der Waals surface area contributed by atoms with Gasteiger partial charge in [-0.3, -0.25) is 9.59 Å². The Balaban J connectivity index is 2.01. The zero-order chi connectivity index (χ0) is 13.1. The monoisotopic (exact) mass is 249 g/mol. The molecule has 0 unspecified atom stereocenters. The number of Topliss-reactive ketones (excluding diaryl/α,β-unsaturated/α-hetero) is 1. The molecule has 0 spiro atoms. The summed E-state index contributed by atoms with van der Waals surface area (Å²) in [6.07, 6.45) is 2.40. The van der Waals surface area contributed by atoms with Crippen molar-refractivity contribution in [3.8, 4) is 0 Å². The number of amides is 1. The molecule has 1 N–H and O–H groups in total. The summed E-state index contributed by atoms with van der Waals surface area (Å²) >= 11 is 0. The van der Waals surface area contributed by atoms with Gasteiger partial charge in [-0.2, -0.15) is 0 Å². The van der Waals surface area contributed by atoms with E-state index in [1.54, 1.807) is 13.0 Å². The summed E-state index contributed by atoms with van der Waals surface area (Å²) in [7, 11) is 0. The topological polar surface area (TPSA) is 46.2 Å². The molecule has 0 bridgehead atoms. The van der Waals surface area contributed by atoms with E-state index in [0.29, 0.717) is 31.2 Å². The predicted molar refractivity (Wildman–Crippen MR) is 65.9 cm³/mol. The Morgan fingerprint density at radius 3 is 2.56 bits per heavy atom. The Morgan fingerprint density at radius 1 is 1.28 bits per heavy atom. The van der Waals surface area contributed by atoms with Gasteiger partial charge < -0.3 is 5.32 Å². The van der Waals surface area contributed by atoms with Gasteiger partial charge in [0.2, 0.25) is 0 Å².